The van der Waals surface area contributed by atoms with E-state index < -0.39 is 11.9 Å². The van der Waals surface area contributed by atoms with Crippen LogP contribution in [0.5, 0.6) is 0 Å². The minimum Gasteiger partial charge on any atom is -0.498 e. The van der Waals surface area contributed by atoms with Crippen LogP contribution in [-0.2, 0) is 14.2 Å². The van der Waals surface area contributed by atoms with Crippen LogP contribution in [0.4, 0.5) is 0 Å². The Balaban J connectivity index is 3.12. The van der Waals surface area contributed by atoms with E-state index >= 15 is 0 Å². The normalized spacial score (nSPS) is 29.4. The van der Waals surface area contributed by atoms with E-state index in [4.69, 9.17) is 14.2 Å². The second kappa shape index (κ2) is 5.30. The molecule has 0 spiro atoms. The Morgan fingerprint density at radius 1 is 1.50 bits per heavy atom. The van der Waals surface area contributed by atoms with Crippen LogP contribution >= 0.6 is 0 Å². The quantitative estimate of drug-likeness (QED) is 0.568. The number of hydrogen-bond acceptors (Lipinski definition) is 4. The van der Waals surface area contributed by atoms with Crippen molar-refractivity contribution in [3.05, 3.63) is 36.1 Å². The summed E-state index contributed by atoms with van der Waals surface area (Å²) in [5, 5.41) is 10.2. The van der Waals surface area contributed by atoms with Crippen LogP contribution in [0, 0.1) is 0 Å². The Morgan fingerprint density at radius 2 is 2.19 bits per heavy atom. The summed E-state index contributed by atoms with van der Waals surface area (Å²) in [6, 6.07) is 0. The van der Waals surface area contributed by atoms with Gasteiger partial charge < -0.3 is 19.3 Å². The Morgan fingerprint density at radius 3 is 2.62 bits per heavy atom. The smallest absolute Gasteiger partial charge is 0.220 e. The molecule has 0 saturated carbocycles. The van der Waals surface area contributed by atoms with Crippen LogP contribution in [0.25, 0.3) is 0 Å². The molecule has 0 aromatic heterocycles. The minimum absolute atomic E-state index is 0.564. The van der Waals surface area contributed by atoms with E-state index in [9.17, 15) is 5.11 Å². The van der Waals surface area contributed by atoms with Gasteiger partial charge >= 0.3 is 0 Å². The molecule has 0 aromatic carbocycles. The maximum atomic E-state index is 10.2. The lowest BCUT2D eigenvalue weighted by atomic mass is 9.95. The zero-order valence-electron chi connectivity index (χ0n) is 9.90. The van der Waals surface area contributed by atoms with Crippen molar-refractivity contribution >= 4 is 0 Å². The van der Waals surface area contributed by atoms with Crippen LogP contribution in [0.15, 0.2) is 36.1 Å². The van der Waals surface area contributed by atoms with Crippen molar-refractivity contribution in [2.24, 2.45) is 0 Å². The highest BCUT2D eigenvalue weighted by molar-refractivity contribution is 5.35. The first-order valence-corrected chi connectivity index (χ1v) is 5.00. The number of hydrogen-bond donors (Lipinski definition) is 1. The highest BCUT2D eigenvalue weighted by atomic mass is 16.6. The molecule has 0 radical (unpaired) electrons. The minimum atomic E-state index is -1.48. The number of rotatable bonds is 5. The summed E-state index contributed by atoms with van der Waals surface area (Å²) >= 11 is 0. The molecule has 0 bridgehead atoms. The highest BCUT2D eigenvalue weighted by Gasteiger charge is 2.42. The topological polar surface area (TPSA) is 47.9 Å². The van der Waals surface area contributed by atoms with Crippen molar-refractivity contribution in [2.45, 2.75) is 18.3 Å². The third-order valence-corrected chi connectivity index (χ3v) is 2.60. The first-order valence-electron chi connectivity index (χ1n) is 5.00. The molecule has 2 unspecified atom stereocenters. The number of allylic oxidation sites excluding steroid dienone is 3. The lowest BCUT2D eigenvalue weighted by Gasteiger charge is -2.35. The van der Waals surface area contributed by atoms with Crippen molar-refractivity contribution < 1.29 is 19.3 Å². The molecule has 0 aromatic rings. The number of aliphatic hydroxyl groups is 1. The van der Waals surface area contributed by atoms with Crippen LogP contribution in [0.1, 0.15) is 6.42 Å². The molecular weight excluding hydrogens is 208 g/mol. The van der Waals surface area contributed by atoms with Crippen LogP contribution < -0.4 is 0 Å². The molecule has 0 heterocycles. The second-order valence-corrected chi connectivity index (χ2v) is 3.49. The zero-order valence-corrected chi connectivity index (χ0v) is 9.90. The first kappa shape index (κ1) is 13.0. The lowest BCUT2D eigenvalue weighted by Crippen LogP contribution is -2.47. The standard InChI is InChI=1S/C12H18O4/c1-5-6-9-7-8-12(13,16-4)11(15-3)10(9)14-2/h5,7-8,11,13H,1,6H2,2-4H3. The first-order chi connectivity index (χ1) is 7.62. The maximum absolute atomic E-state index is 10.2. The fourth-order valence-electron chi connectivity index (χ4n) is 1.76. The Hall–Kier alpha value is -1.10. The van der Waals surface area contributed by atoms with E-state index in [2.05, 4.69) is 6.58 Å². The lowest BCUT2D eigenvalue weighted by molar-refractivity contribution is -0.214. The van der Waals surface area contributed by atoms with Gasteiger partial charge in [0.1, 0.15) is 5.76 Å². The molecule has 0 aliphatic heterocycles. The van der Waals surface area contributed by atoms with Gasteiger partial charge in [0.25, 0.3) is 0 Å². The Labute approximate surface area is 95.8 Å². The molecule has 4 nitrogen and oxygen atoms in total. The third-order valence-electron chi connectivity index (χ3n) is 2.60. The molecule has 2 atom stereocenters. The SMILES string of the molecule is C=CCC1=C(OC)C(OC)C(O)(OC)C=C1. The van der Waals surface area contributed by atoms with E-state index in [0.29, 0.717) is 12.2 Å². The second-order valence-electron chi connectivity index (χ2n) is 3.49. The van der Waals surface area contributed by atoms with Gasteiger partial charge in [-0.15, -0.1) is 6.58 Å². The highest BCUT2D eigenvalue weighted by Crippen LogP contribution is 2.32. The van der Waals surface area contributed by atoms with Gasteiger partial charge in [-0.25, -0.2) is 0 Å². The van der Waals surface area contributed by atoms with E-state index in [1.807, 2.05) is 0 Å². The summed E-state index contributed by atoms with van der Waals surface area (Å²) in [6.45, 7) is 3.67. The number of ether oxygens (including phenoxy) is 3. The Kier molecular flexibility index (Phi) is 4.29. The third kappa shape index (κ3) is 2.19. The van der Waals surface area contributed by atoms with E-state index in [0.717, 1.165) is 5.57 Å². The summed E-state index contributed by atoms with van der Waals surface area (Å²) in [7, 11) is 4.46. The number of methoxy groups -OCH3 is 3. The van der Waals surface area contributed by atoms with Gasteiger partial charge in [-0.1, -0.05) is 12.2 Å². The largest absolute Gasteiger partial charge is 0.498 e. The predicted octanol–water partition coefficient (Wildman–Crippen LogP) is 1.38. The molecule has 16 heavy (non-hydrogen) atoms. The molecule has 4 heteroatoms. The summed E-state index contributed by atoms with van der Waals surface area (Å²) in [5.41, 5.74) is 0.922. The van der Waals surface area contributed by atoms with Gasteiger partial charge in [0.05, 0.1) is 7.11 Å². The maximum Gasteiger partial charge on any atom is 0.220 e. The molecule has 1 rings (SSSR count). The van der Waals surface area contributed by atoms with Gasteiger partial charge in [-0.05, 0) is 18.1 Å². The zero-order chi connectivity index (χ0) is 12.2. The van der Waals surface area contributed by atoms with Crippen molar-refractivity contribution in [1.29, 1.82) is 0 Å². The fourth-order valence-corrected chi connectivity index (χ4v) is 1.76. The van der Waals surface area contributed by atoms with Crippen LogP contribution in [0.2, 0.25) is 0 Å². The van der Waals surface area contributed by atoms with Crippen molar-refractivity contribution in [1.82, 2.24) is 0 Å². The molecule has 0 saturated heterocycles. The van der Waals surface area contributed by atoms with Crippen molar-refractivity contribution in [3.8, 4) is 0 Å². The van der Waals surface area contributed by atoms with Gasteiger partial charge in [-0.3, -0.25) is 0 Å². The Bertz CT molecular complexity index is 319. The molecule has 1 aliphatic carbocycles. The average molecular weight is 226 g/mol. The van der Waals surface area contributed by atoms with Crippen LogP contribution in [-0.4, -0.2) is 38.3 Å². The van der Waals surface area contributed by atoms with Gasteiger partial charge in [0.15, 0.2) is 6.10 Å². The molecule has 0 fully saturated rings. The summed E-state index contributed by atoms with van der Waals surface area (Å²) in [6.07, 6.45) is 5.08. The summed E-state index contributed by atoms with van der Waals surface area (Å²) in [5.74, 6) is -0.917. The van der Waals surface area contributed by atoms with Crippen LogP contribution in [0.3, 0.4) is 0 Å². The summed E-state index contributed by atoms with van der Waals surface area (Å²) in [4.78, 5) is 0. The predicted molar refractivity (Wildman–Crippen MR) is 60.7 cm³/mol. The van der Waals surface area contributed by atoms with E-state index in [1.165, 1.54) is 14.2 Å². The molecule has 1 N–H and O–H groups in total. The van der Waals surface area contributed by atoms with Gasteiger partial charge in [0, 0.05) is 14.2 Å². The van der Waals surface area contributed by atoms with Gasteiger partial charge in [0.2, 0.25) is 5.79 Å². The molecule has 90 valence electrons. The van der Waals surface area contributed by atoms with Crippen molar-refractivity contribution in [3.63, 3.8) is 0 Å². The average Bonchev–Trinajstić information content (AvgIpc) is 2.31. The molecular formula is C12H18O4. The molecule has 0 amide bonds. The monoisotopic (exact) mass is 226 g/mol. The molecule has 1 aliphatic rings. The van der Waals surface area contributed by atoms with E-state index in [-0.39, 0.29) is 0 Å². The van der Waals surface area contributed by atoms with Crippen molar-refractivity contribution in [2.75, 3.05) is 21.3 Å². The van der Waals surface area contributed by atoms with E-state index in [1.54, 1.807) is 25.3 Å². The fraction of sp³-hybridized carbons (Fsp3) is 0.500. The van der Waals surface area contributed by atoms with Gasteiger partial charge in [-0.2, -0.15) is 0 Å². The summed E-state index contributed by atoms with van der Waals surface area (Å²) < 4.78 is 15.6.